The predicted octanol–water partition coefficient (Wildman–Crippen LogP) is -0.486. The standard InChI is InChI=1S/C2H4.CH6N4.BrH/c1-2;2-1(3)5-4;/h1-2H2;4H2,(H4,2,3,5);1H. The summed E-state index contributed by atoms with van der Waals surface area (Å²) < 4.78 is 0. The van der Waals surface area contributed by atoms with E-state index in [-0.39, 0.29) is 22.9 Å². The summed E-state index contributed by atoms with van der Waals surface area (Å²) in [6.07, 6.45) is 0. The third-order valence-electron chi connectivity index (χ3n) is 0.149. The molecule has 0 saturated heterocycles. The van der Waals surface area contributed by atoms with Crippen LogP contribution in [0, 0.1) is 0 Å². The van der Waals surface area contributed by atoms with Gasteiger partial charge in [-0.2, -0.15) is 0 Å². The van der Waals surface area contributed by atoms with Crippen LogP contribution in [-0.4, -0.2) is 5.96 Å². The normalized spacial score (nSPS) is 4.50. The van der Waals surface area contributed by atoms with Crippen molar-refractivity contribution in [1.82, 2.24) is 0 Å². The smallest absolute Gasteiger partial charge is 0.208 e. The van der Waals surface area contributed by atoms with Crippen molar-refractivity contribution in [3.63, 3.8) is 0 Å². The van der Waals surface area contributed by atoms with Crippen molar-refractivity contribution in [2.45, 2.75) is 0 Å². The highest BCUT2D eigenvalue weighted by Gasteiger charge is 1.62. The predicted molar refractivity (Wildman–Crippen MR) is 41.6 cm³/mol. The van der Waals surface area contributed by atoms with E-state index in [0.717, 1.165) is 0 Å². The van der Waals surface area contributed by atoms with E-state index >= 15 is 0 Å². The first-order valence-corrected chi connectivity index (χ1v) is 1.56. The highest BCUT2D eigenvalue weighted by molar-refractivity contribution is 8.93. The summed E-state index contributed by atoms with van der Waals surface area (Å²) in [5, 5.41) is 2.86. The molecule has 0 aliphatic rings. The van der Waals surface area contributed by atoms with Gasteiger partial charge in [-0.1, -0.05) is 0 Å². The first-order valence-electron chi connectivity index (χ1n) is 1.56. The van der Waals surface area contributed by atoms with Gasteiger partial charge < -0.3 is 17.3 Å². The second kappa shape index (κ2) is 16.3. The number of hydrogen-bond acceptors (Lipinski definition) is 2. The highest BCUT2D eigenvalue weighted by atomic mass is 79.9. The van der Waals surface area contributed by atoms with Crippen LogP contribution in [0.1, 0.15) is 0 Å². The largest absolute Gasteiger partial charge is 0.369 e. The van der Waals surface area contributed by atoms with Gasteiger partial charge in [-0.25, -0.2) is 0 Å². The number of halogens is 1. The Kier molecular flexibility index (Phi) is 31.9. The Bertz CT molecular complexity index is 58.3. The van der Waals surface area contributed by atoms with Gasteiger partial charge in [0, 0.05) is 0 Å². The Morgan fingerprint density at radius 3 is 1.38 bits per heavy atom. The molecule has 50 valence electrons. The molecule has 0 fully saturated rings. The lowest BCUT2D eigenvalue weighted by Crippen LogP contribution is -2.23. The molecule has 0 amide bonds. The lowest BCUT2D eigenvalue weighted by molar-refractivity contribution is 1.21. The zero-order chi connectivity index (χ0) is 6.28. The van der Waals surface area contributed by atoms with Gasteiger partial charge in [0.1, 0.15) is 0 Å². The van der Waals surface area contributed by atoms with Crippen LogP contribution in [0.5, 0.6) is 0 Å². The van der Waals surface area contributed by atoms with Crippen LogP contribution < -0.4 is 17.3 Å². The Hall–Kier alpha value is -0.710. The summed E-state index contributed by atoms with van der Waals surface area (Å²) in [6.45, 7) is 6.00. The maximum Gasteiger partial charge on any atom is 0.208 e. The Morgan fingerprint density at radius 2 is 1.38 bits per heavy atom. The van der Waals surface area contributed by atoms with Crippen LogP contribution in [0.25, 0.3) is 0 Å². The molecule has 8 heavy (non-hydrogen) atoms. The number of nitrogens with two attached hydrogens (primary N) is 3. The first kappa shape index (κ1) is 15.7. The average molecular weight is 183 g/mol. The van der Waals surface area contributed by atoms with Crippen LogP contribution in [0.2, 0.25) is 0 Å². The number of guanidine groups is 1. The topological polar surface area (TPSA) is 90.4 Å². The number of rotatable bonds is 0. The van der Waals surface area contributed by atoms with Crippen LogP contribution >= 0.6 is 17.0 Å². The highest BCUT2D eigenvalue weighted by Crippen LogP contribution is 1.31. The minimum atomic E-state index is -0.0926. The molecule has 0 aliphatic heterocycles. The fourth-order valence-corrected chi connectivity index (χ4v) is 0. The molecule has 5 heteroatoms. The molecule has 0 saturated carbocycles. The van der Waals surface area contributed by atoms with Crippen LogP contribution in [0.15, 0.2) is 18.3 Å². The second-order valence-corrected chi connectivity index (χ2v) is 0.554. The van der Waals surface area contributed by atoms with E-state index in [9.17, 15) is 0 Å². The number of nitrogens with zero attached hydrogens (tertiary/aromatic N) is 1. The summed E-state index contributed by atoms with van der Waals surface area (Å²) in [4.78, 5) is 0. The lowest BCUT2D eigenvalue weighted by atomic mass is 11.1. The first-order chi connectivity index (χ1) is 3.27. The van der Waals surface area contributed by atoms with Crippen molar-refractivity contribution in [1.29, 1.82) is 0 Å². The molecule has 0 atom stereocenters. The van der Waals surface area contributed by atoms with Crippen molar-refractivity contribution < 1.29 is 0 Å². The van der Waals surface area contributed by atoms with Gasteiger partial charge in [0.15, 0.2) is 0 Å². The van der Waals surface area contributed by atoms with Crippen molar-refractivity contribution >= 4 is 22.9 Å². The van der Waals surface area contributed by atoms with Crippen LogP contribution in [0.4, 0.5) is 0 Å². The summed E-state index contributed by atoms with van der Waals surface area (Å²) in [6, 6.07) is 0. The molecule has 6 N–H and O–H groups in total. The van der Waals surface area contributed by atoms with Gasteiger partial charge in [-0.3, -0.25) is 0 Å². The molecule has 0 spiro atoms. The van der Waals surface area contributed by atoms with Crippen LogP contribution in [-0.2, 0) is 0 Å². The molecule has 0 aromatic heterocycles. The molecular weight excluding hydrogens is 172 g/mol. The van der Waals surface area contributed by atoms with Gasteiger partial charge in [-0.05, 0) is 0 Å². The fourth-order valence-electron chi connectivity index (χ4n) is 0. The molecule has 0 radical (unpaired) electrons. The second-order valence-electron chi connectivity index (χ2n) is 0.554. The average Bonchev–Trinajstić information content (AvgIpc) is 1.73. The molecule has 0 aliphatic carbocycles. The van der Waals surface area contributed by atoms with E-state index in [1.165, 1.54) is 0 Å². The molecule has 0 rings (SSSR count). The monoisotopic (exact) mass is 182 g/mol. The molecule has 4 nitrogen and oxygen atoms in total. The lowest BCUT2D eigenvalue weighted by Gasteiger charge is -1.76. The molecule has 0 heterocycles. The molecule has 0 aromatic rings. The molecule has 0 bridgehead atoms. The van der Waals surface area contributed by atoms with E-state index in [2.05, 4.69) is 24.1 Å². The van der Waals surface area contributed by atoms with Gasteiger partial charge >= 0.3 is 0 Å². The zero-order valence-corrected chi connectivity index (χ0v) is 6.21. The summed E-state index contributed by atoms with van der Waals surface area (Å²) in [5.41, 5.74) is 9.39. The van der Waals surface area contributed by atoms with Gasteiger partial charge in [0.05, 0.1) is 0 Å². The molecular formula is C3H11BrN4. The Morgan fingerprint density at radius 1 is 1.25 bits per heavy atom. The van der Waals surface area contributed by atoms with Crippen molar-refractivity contribution in [2.24, 2.45) is 22.4 Å². The number of hydrogen-bond donors (Lipinski definition) is 3. The summed E-state index contributed by atoms with van der Waals surface area (Å²) >= 11 is 0. The van der Waals surface area contributed by atoms with Crippen molar-refractivity contribution in [2.75, 3.05) is 0 Å². The minimum absolute atomic E-state index is 0. The van der Waals surface area contributed by atoms with E-state index in [1.807, 2.05) is 0 Å². The molecule has 0 unspecified atom stereocenters. The summed E-state index contributed by atoms with van der Waals surface area (Å²) in [5.74, 6) is 4.42. The van der Waals surface area contributed by atoms with Gasteiger partial charge in [0.2, 0.25) is 5.96 Å². The van der Waals surface area contributed by atoms with Gasteiger partial charge in [-0.15, -0.1) is 35.2 Å². The van der Waals surface area contributed by atoms with Crippen molar-refractivity contribution in [3.05, 3.63) is 13.2 Å². The third kappa shape index (κ3) is 58.5. The fraction of sp³-hybridized carbons (Fsp3) is 0. The maximum absolute atomic E-state index is 4.69. The number of hydrazone groups is 1. The SMILES string of the molecule is Br.C=C.NN=C(N)N. The zero-order valence-electron chi connectivity index (χ0n) is 4.50. The molecule has 0 aromatic carbocycles. The van der Waals surface area contributed by atoms with Crippen LogP contribution in [0.3, 0.4) is 0 Å². The maximum atomic E-state index is 4.69. The Balaban J connectivity index is -0.0000000750. The minimum Gasteiger partial charge on any atom is -0.369 e. The van der Waals surface area contributed by atoms with Gasteiger partial charge in [0.25, 0.3) is 0 Å². The Labute approximate surface area is 59.2 Å². The van der Waals surface area contributed by atoms with E-state index < -0.39 is 0 Å². The summed E-state index contributed by atoms with van der Waals surface area (Å²) in [7, 11) is 0. The van der Waals surface area contributed by atoms with Crippen molar-refractivity contribution in [3.8, 4) is 0 Å². The van der Waals surface area contributed by atoms with E-state index in [4.69, 9.17) is 11.5 Å². The quantitative estimate of drug-likeness (QED) is 0.155. The van der Waals surface area contributed by atoms with E-state index in [0.29, 0.717) is 0 Å². The van der Waals surface area contributed by atoms with E-state index in [1.54, 1.807) is 0 Å². The third-order valence-corrected chi connectivity index (χ3v) is 0.149.